The molecule has 0 bridgehead atoms. The summed E-state index contributed by atoms with van der Waals surface area (Å²) in [4.78, 5) is 24.0. The Morgan fingerprint density at radius 2 is 2.00 bits per heavy atom. The molecular weight excluding hydrogens is 400 g/mol. The van der Waals surface area contributed by atoms with Crippen LogP contribution in [0.5, 0.6) is 0 Å². The van der Waals surface area contributed by atoms with Gasteiger partial charge >= 0.3 is 0 Å². The molecular formula is C22H17ClN6O. The van der Waals surface area contributed by atoms with E-state index >= 15 is 0 Å². The highest BCUT2D eigenvalue weighted by Gasteiger charge is 2.26. The number of amides is 1. The van der Waals surface area contributed by atoms with E-state index in [9.17, 15) is 4.79 Å². The van der Waals surface area contributed by atoms with Gasteiger partial charge in [0, 0.05) is 17.3 Å². The van der Waals surface area contributed by atoms with E-state index in [-0.39, 0.29) is 5.91 Å². The number of carbonyl (C=O) groups excluding carboxylic acids is 1. The van der Waals surface area contributed by atoms with Crippen molar-refractivity contribution in [3.8, 4) is 11.4 Å². The van der Waals surface area contributed by atoms with E-state index < -0.39 is 0 Å². The Morgan fingerprint density at radius 3 is 2.80 bits per heavy atom. The monoisotopic (exact) mass is 416 g/mol. The molecule has 0 unspecified atom stereocenters. The number of aromatic nitrogens is 4. The van der Waals surface area contributed by atoms with Crippen molar-refractivity contribution in [1.29, 1.82) is 0 Å². The third-order valence-corrected chi connectivity index (χ3v) is 5.28. The summed E-state index contributed by atoms with van der Waals surface area (Å²) in [5.74, 6) is 1.80. The Balaban J connectivity index is 1.55. The zero-order valence-electron chi connectivity index (χ0n) is 16.1. The molecule has 1 amide bonds. The molecule has 2 aromatic carbocycles. The highest BCUT2D eigenvalue weighted by atomic mass is 35.5. The quantitative estimate of drug-likeness (QED) is 0.493. The van der Waals surface area contributed by atoms with Crippen molar-refractivity contribution < 1.29 is 4.79 Å². The Bertz CT molecular complexity index is 1270. The molecule has 0 spiro atoms. The maximum Gasteiger partial charge on any atom is 0.260 e. The molecule has 4 aromatic rings. The van der Waals surface area contributed by atoms with Crippen LogP contribution >= 0.6 is 11.6 Å². The molecule has 148 valence electrons. The molecule has 0 aliphatic carbocycles. The number of para-hydroxylation sites is 2. The van der Waals surface area contributed by atoms with Crippen LogP contribution < -0.4 is 10.2 Å². The Labute approximate surface area is 177 Å². The van der Waals surface area contributed by atoms with Crippen LogP contribution in [0.1, 0.15) is 21.7 Å². The molecule has 0 radical (unpaired) electrons. The van der Waals surface area contributed by atoms with Crippen LogP contribution in [-0.4, -0.2) is 26.1 Å². The van der Waals surface area contributed by atoms with E-state index in [4.69, 9.17) is 11.6 Å². The van der Waals surface area contributed by atoms with Crippen molar-refractivity contribution in [3.63, 3.8) is 0 Å². The summed E-state index contributed by atoms with van der Waals surface area (Å²) >= 11 is 6.53. The molecule has 5 rings (SSSR count). The lowest BCUT2D eigenvalue weighted by Gasteiger charge is -2.23. The largest absolute Gasteiger partial charge is 0.338 e. The van der Waals surface area contributed by atoms with Crippen LogP contribution in [0.25, 0.3) is 11.4 Å². The van der Waals surface area contributed by atoms with Gasteiger partial charge in [-0.05, 0) is 37.3 Å². The lowest BCUT2D eigenvalue weighted by atomic mass is 10.1. The molecule has 8 heteroatoms. The first-order valence-corrected chi connectivity index (χ1v) is 9.79. The number of nitrogens with zero attached hydrogens (tertiary/aromatic N) is 4. The fraction of sp³-hybridized carbons (Fsp3) is 0.0909. The number of hydrogen-bond acceptors (Lipinski definition) is 5. The maximum absolute atomic E-state index is 13.6. The van der Waals surface area contributed by atoms with Gasteiger partial charge in [-0.2, -0.15) is 5.10 Å². The Hall–Kier alpha value is -3.71. The molecule has 0 fully saturated rings. The molecule has 2 aromatic heterocycles. The van der Waals surface area contributed by atoms with E-state index in [1.54, 1.807) is 29.3 Å². The zero-order valence-corrected chi connectivity index (χ0v) is 16.8. The maximum atomic E-state index is 13.6. The van der Waals surface area contributed by atoms with Crippen LogP contribution in [-0.2, 0) is 6.54 Å². The lowest BCUT2D eigenvalue weighted by molar-refractivity contribution is 0.0985. The molecule has 0 saturated heterocycles. The first-order chi connectivity index (χ1) is 14.6. The second kappa shape index (κ2) is 7.27. The number of aromatic amines is 1. The number of H-pyrrole nitrogens is 1. The van der Waals surface area contributed by atoms with Crippen molar-refractivity contribution in [2.24, 2.45) is 0 Å². The first kappa shape index (κ1) is 18.3. The topological polar surface area (TPSA) is 86.8 Å². The van der Waals surface area contributed by atoms with Gasteiger partial charge in [0.15, 0.2) is 5.82 Å². The van der Waals surface area contributed by atoms with Gasteiger partial charge in [-0.1, -0.05) is 35.9 Å². The molecule has 7 nitrogen and oxygen atoms in total. The van der Waals surface area contributed by atoms with Crippen LogP contribution in [0.3, 0.4) is 0 Å². The van der Waals surface area contributed by atoms with Crippen molar-refractivity contribution in [2.45, 2.75) is 13.5 Å². The van der Waals surface area contributed by atoms with Crippen LogP contribution in [0.2, 0.25) is 5.02 Å². The summed E-state index contributed by atoms with van der Waals surface area (Å²) in [6.07, 6.45) is 1.73. The minimum Gasteiger partial charge on any atom is -0.338 e. The van der Waals surface area contributed by atoms with Gasteiger partial charge in [0.05, 0.1) is 28.5 Å². The number of hydrogen-bond donors (Lipinski definition) is 2. The average Bonchev–Trinajstić information content (AvgIpc) is 3.11. The van der Waals surface area contributed by atoms with Crippen LogP contribution in [0, 0.1) is 6.92 Å². The number of aryl methyl sites for hydroxylation is 1. The Morgan fingerprint density at radius 1 is 1.13 bits per heavy atom. The summed E-state index contributed by atoms with van der Waals surface area (Å²) in [5, 5.41) is 10.6. The number of anilines is 3. The molecule has 0 atom stereocenters. The lowest BCUT2D eigenvalue weighted by Crippen LogP contribution is -2.30. The van der Waals surface area contributed by atoms with Crippen molar-refractivity contribution >= 4 is 34.7 Å². The fourth-order valence-corrected chi connectivity index (χ4v) is 3.76. The normalized spacial score (nSPS) is 12.5. The highest BCUT2D eigenvalue weighted by molar-refractivity contribution is 6.35. The zero-order chi connectivity index (χ0) is 20.7. The number of benzene rings is 2. The van der Waals surface area contributed by atoms with E-state index in [1.165, 1.54) is 0 Å². The predicted octanol–water partition coefficient (Wildman–Crippen LogP) is 4.73. The fourth-order valence-electron chi connectivity index (χ4n) is 3.50. The van der Waals surface area contributed by atoms with Gasteiger partial charge in [0.2, 0.25) is 0 Å². The number of rotatable bonds is 2. The predicted molar refractivity (Wildman–Crippen MR) is 116 cm³/mol. The third-order valence-electron chi connectivity index (χ3n) is 4.97. The molecule has 30 heavy (non-hydrogen) atoms. The molecule has 2 N–H and O–H groups in total. The minimum atomic E-state index is -0.191. The molecule has 1 aliphatic heterocycles. The van der Waals surface area contributed by atoms with Gasteiger partial charge in [0.25, 0.3) is 5.91 Å². The molecule has 3 heterocycles. The van der Waals surface area contributed by atoms with Gasteiger partial charge < -0.3 is 10.2 Å². The first-order valence-electron chi connectivity index (χ1n) is 9.41. The van der Waals surface area contributed by atoms with E-state index in [0.29, 0.717) is 28.8 Å². The minimum absolute atomic E-state index is 0.191. The third kappa shape index (κ3) is 3.19. The smallest absolute Gasteiger partial charge is 0.260 e. The Kier molecular flexibility index (Phi) is 4.44. The van der Waals surface area contributed by atoms with E-state index in [1.807, 2.05) is 43.3 Å². The van der Waals surface area contributed by atoms with Crippen molar-refractivity contribution in [3.05, 3.63) is 82.8 Å². The van der Waals surface area contributed by atoms with Gasteiger partial charge in [-0.15, -0.1) is 0 Å². The van der Waals surface area contributed by atoms with Crippen molar-refractivity contribution in [1.82, 2.24) is 20.2 Å². The highest BCUT2D eigenvalue weighted by Crippen LogP contribution is 2.36. The summed E-state index contributed by atoms with van der Waals surface area (Å²) in [5.41, 5.74) is 3.66. The second-order valence-electron chi connectivity index (χ2n) is 6.98. The average molecular weight is 417 g/mol. The van der Waals surface area contributed by atoms with E-state index in [0.717, 1.165) is 28.3 Å². The molecule has 1 aliphatic rings. The van der Waals surface area contributed by atoms with E-state index in [2.05, 4.69) is 25.5 Å². The number of halogens is 1. The number of carbonyl (C=O) groups is 1. The summed E-state index contributed by atoms with van der Waals surface area (Å²) in [7, 11) is 0. The van der Waals surface area contributed by atoms with Gasteiger partial charge in [0.1, 0.15) is 11.6 Å². The summed E-state index contributed by atoms with van der Waals surface area (Å²) in [6.45, 7) is 2.21. The van der Waals surface area contributed by atoms with Crippen LogP contribution in [0.4, 0.5) is 17.2 Å². The summed E-state index contributed by atoms with van der Waals surface area (Å²) in [6, 6.07) is 16.7. The number of nitrogens with one attached hydrogen (secondary N) is 2. The van der Waals surface area contributed by atoms with Crippen molar-refractivity contribution in [2.75, 3.05) is 10.2 Å². The molecule has 0 saturated carbocycles. The van der Waals surface area contributed by atoms with Gasteiger partial charge in [-0.3, -0.25) is 9.89 Å². The van der Waals surface area contributed by atoms with Gasteiger partial charge in [-0.25, -0.2) is 9.97 Å². The SMILES string of the molecule is Cc1nc(-c2ccc(C(=O)N3Cc4cccnc4Nc4ccccc43)c(Cl)c2)n[nH]1. The standard InChI is InChI=1S/C22H17ClN6O/c1-13-25-21(28-27-13)14-8-9-16(17(23)11-14)22(30)29-12-15-5-4-10-24-20(15)26-18-6-2-3-7-19(18)29/h2-11H,12H2,1H3,(H,24,26)(H,25,27,28). The number of fused-ring (bicyclic) bond motifs is 2. The van der Waals surface area contributed by atoms with Crippen LogP contribution in [0.15, 0.2) is 60.8 Å². The number of pyridine rings is 1. The second-order valence-corrected chi connectivity index (χ2v) is 7.39. The summed E-state index contributed by atoms with van der Waals surface area (Å²) < 4.78 is 0.